The van der Waals surface area contributed by atoms with Crippen LogP contribution in [0.5, 0.6) is 0 Å². The van der Waals surface area contributed by atoms with Crippen molar-refractivity contribution in [3.63, 3.8) is 0 Å². The number of amides is 1. The minimum absolute atomic E-state index is 0.128. The van der Waals surface area contributed by atoms with Gasteiger partial charge in [-0.3, -0.25) is 9.59 Å². The number of nitrogens with two attached hydrogens (primary N) is 1. The maximum absolute atomic E-state index is 12.3. The van der Waals surface area contributed by atoms with E-state index in [9.17, 15) is 9.59 Å². The molecule has 0 bridgehead atoms. The summed E-state index contributed by atoms with van der Waals surface area (Å²) in [5.41, 5.74) is 5.76. The standard InChI is InChI=1S/C11H15N3O4S/c1-2-14(8-4-18-3-6(8)10(16)17)9(15)7-5-19-11(12)13-7/h5-6,8H,2-4H2,1H3,(H2,12,13)(H,16,17). The molecule has 1 aliphatic heterocycles. The van der Waals surface area contributed by atoms with Gasteiger partial charge in [0.2, 0.25) is 0 Å². The molecule has 104 valence electrons. The number of hydrogen-bond donors (Lipinski definition) is 2. The summed E-state index contributed by atoms with van der Waals surface area (Å²) in [6.07, 6.45) is 0. The lowest BCUT2D eigenvalue weighted by molar-refractivity contribution is -0.142. The van der Waals surface area contributed by atoms with E-state index < -0.39 is 17.9 Å². The zero-order valence-corrected chi connectivity index (χ0v) is 11.2. The number of carbonyl (C=O) groups is 2. The van der Waals surface area contributed by atoms with Crippen LogP contribution in [-0.4, -0.2) is 52.7 Å². The summed E-state index contributed by atoms with van der Waals surface area (Å²) in [6.45, 7) is 2.55. The van der Waals surface area contributed by atoms with E-state index in [-0.39, 0.29) is 24.8 Å². The average Bonchev–Trinajstić information content (AvgIpc) is 2.98. The first-order chi connectivity index (χ1) is 9.04. The molecule has 0 spiro atoms. The van der Waals surface area contributed by atoms with Gasteiger partial charge in [-0.25, -0.2) is 4.98 Å². The van der Waals surface area contributed by atoms with Gasteiger partial charge in [-0.15, -0.1) is 11.3 Å². The fourth-order valence-electron chi connectivity index (χ4n) is 2.15. The number of carboxylic acids is 1. The van der Waals surface area contributed by atoms with Crippen LogP contribution in [0.1, 0.15) is 17.4 Å². The minimum Gasteiger partial charge on any atom is -0.481 e. The van der Waals surface area contributed by atoms with Crippen molar-refractivity contribution in [3.8, 4) is 0 Å². The molecule has 0 aliphatic carbocycles. The summed E-state index contributed by atoms with van der Waals surface area (Å²) in [5, 5.41) is 11.0. The maximum Gasteiger partial charge on any atom is 0.311 e. The summed E-state index contributed by atoms with van der Waals surface area (Å²) in [4.78, 5) is 28.9. The molecule has 2 atom stereocenters. The zero-order chi connectivity index (χ0) is 14.0. The van der Waals surface area contributed by atoms with Gasteiger partial charge in [0.15, 0.2) is 5.13 Å². The van der Waals surface area contributed by atoms with Crippen LogP contribution in [0.15, 0.2) is 5.38 Å². The highest BCUT2D eigenvalue weighted by atomic mass is 32.1. The molecule has 1 saturated heterocycles. The minimum atomic E-state index is -0.952. The van der Waals surface area contributed by atoms with Crippen molar-refractivity contribution in [1.29, 1.82) is 0 Å². The summed E-state index contributed by atoms with van der Waals surface area (Å²) < 4.78 is 5.19. The number of aliphatic carboxylic acids is 1. The topological polar surface area (TPSA) is 106 Å². The van der Waals surface area contributed by atoms with Gasteiger partial charge in [-0.2, -0.15) is 0 Å². The van der Waals surface area contributed by atoms with Crippen molar-refractivity contribution in [2.75, 3.05) is 25.5 Å². The summed E-state index contributed by atoms with van der Waals surface area (Å²) >= 11 is 1.18. The number of aromatic nitrogens is 1. The fourth-order valence-corrected chi connectivity index (χ4v) is 2.68. The van der Waals surface area contributed by atoms with Crippen molar-refractivity contribution >= 4 is 28.3 Å². The van der Waals surface area contributed by atoms with E-state index in [1.165, 1.54) is 16.2 Å². The molecule has 1 aromatic rings. The molecule has 3 N–H and O–H groups in total. The van der Waals surface area contributed by atoms with Gasteiger partial charge in [0.25, 0.3) is 5.91 Å². The molecular weight excluding hydrogens is 270 g/mol. The molecule has 0 saturated carbocycles. The molecule has 7 nitrogen and oxygen atoms in total. The van der Waals surface area contributed by atoms with E-state index in [0.29, 0.717) is 11.7 Å². The van der Waals surface area contributed by atoms with Crippen LogP contribution in [0, 0.1) is 5.92 Å². The molecule has 0 radical (unpaired) electrons. The average molecular weight is 285 g/mol. The van der Waals surface area contributed by atoms with Gasteiger partial charge in [0.1, 0.15) is 11.6 Å². The quantitative estimate of drug-likeness (QED) is 0.823. The van der Waals surface area contributed by atoms with Crippen LogP contribution in [0.2, 0.25) is 0 Å². The number of nitrogens with zero attached hydrogens (tertiary/aromatic N) is 2. The molecule has 0 aromatic carbocycles. The van der Waals surface area contributed by atoms with E-state index >= 15 is 0 Å². The van der Waals surface area contributed by atoms with Crippen LogP contribution >= 0.6 is 11.3 Å². The van der Waals surface area contributed by atoms with E-state index in [4.69, 9.17) is 15.6 Å². The van der Waals surface area contributed by atoms with Crippen LogP contribution in [0.25, 0.3) is 0 Å². The Labute approximate surface area is 114 Å². The van der Waals surface area contributed by atoms with Gasteiger partial charge in [0, 0.05) is 11.9 Å². The van der Waals surface area contributed by atoms with E-state index in [0.717, 1.165) is 0 Å². The van der Waals surface area contributed by atoms with Gasteiger partial charge in [-0.05, 0) is 6.92 Å². The first-order valence-electron chi connectivity index (χ1n) is 5.87. The van der Waals surface area contributed by atoms with Crippen LogP contribution in [0.4, 0.5) is 5.13 Å². The number of carbonyl (C=O) groups excluding carboxylic acids is 1. The number of ether oxygens (including phenoxy) is 1. The highest BCUT2D eigenvalue weighted by Crippen LogP contribution is 2.22. The smallest absolute Gasteiger partial charge is 0.311 e. The van der Waals surface area contributed by atoms with E-state index in [1.807, 2.05) is 0 Å². The third-order valence-electron chi connectivity index (χ3n) is 3.11. The largest absolute Gasteiger partial charge is 0.481 e. The molecule has 19 heavy (non-hydrogen) atoms. The number of carboxylic acid groups (broad SMARTS) is 1. The van der Waals surface area contributed by atoms with Gasteiger partial charge in [0.05, 0.1) is 19.3 Å². The molecule has 1 amide bonds. The molecule has 1 fully saturated rings. The molecule has 8 heteroatoms. The SMILES string of the molecule is CCN(C(=O)c1csc(N)n1)C1COCC1C(=O)O. The van der Waals surface area contributed by atoms with Crippen LogP contribution in [0.3, 0.4) is 0 Å². The van der Waals surface area contributed by atoms with Gasteiger partial charge in [-0.1, -0.05) is 0 Å². The summed E-state index contributed by atoms with van der Waals surface area (Å²) in [7, 11) is 0. The molecule has 2 rings (SSSR count). The lowest BCUT2D eigenvalue weighted by atomic mass is 10.0. The number of rotatable bonds is 4. The first kappa shape index (κ1) is 13.8. The second-order valence-corrected chi connectivity index (χ2v) is 5.10. The molecule has 1 aromatic heterocycles. The van der Waals surface area contributed by atoms with Crippen molar-refractivity contribution in [2.45, 2.75) is 13.0 Å². The Kier molecular flexibility index (Phi) is 4.01. The predicted molar refractivity (Wildman–Crippen MR) is 69.0 cm³/mol. The Morgan fingerprint density at radius 2 is 2.37 bits per heavy atom. The number of anilines is 1. The van der Waals surface area contributed by atoms with Crippen molar-refractivity contribution in [2.24, 2.45) is 5.92 Å². The Morgan fingerprint density at radius 1 is 1.63 bits per heavy atom. The van der Waals surface area contributed by atoms with E-state index in [2.05, 4.69) is 4.98 Å². The van der Waals surface area contributed by atoms with Crippen LogP contribution < -0.4 is 5.73 Å². The van der Waals surface area contributed by atoms with Crippen LogP contribution in [-0.2, 0) is 9.53 Å². The number of likely N-dealkylation sites (N-methyl/N-ethyl adjacent to an activating group) is 1. The van der Waals surface area contributed by atoms with Crippen molar-refractivity contribution in [1.82, 2.24) is 9.88 Å². The van der Waals surface area contributed by atoms with Crippen molar-refractivity contribution < 1.29 is 19.4 Å². The number of thiazole rings is 1. The second kappa shape index (κ2) is 5.54. The lowest BCUT2D eigenvalue weighted by Crippen LogP contribution is -2.46. The highest BCUT2D eigenvalue weighted by molar-refractivity contribution is 7.13. The Hall–Kier alpha value is -1.67. The molecule has 2 heterocycles. The Bertz CT molecular complexity index is 490. The Morgan fingerprint density at radius 3 is 2.89 bits per heavy atom. The highest BCUT2D eigenvalue weighted by Gasteiger charge is 2.40. The third kappa shape index (κ3) is 2.69. The lowest BCUT2D eigenvalue weighted by Gasteiger charge is -2.28. The Balaban J connectivity index is 2.20. The summed E-state index contributed by atoms with van der Waals surface area (Å²) in [5.74, 6) is -1.95. The van der Waals surface area contributed by atoms with Gasteiger partial charge < -0.3 is 20.5 Å². The molecular formula is C11H15N3O4S. The first-order valence-corrected chi connectivity index (χ1v) is 6.75. The number of nitrogen functional groups attached to an aromatic ring is 1. The maximum atomic E-state index is 12.3. The fraction of sp³-hybridized carbons (Fsp3) is 0.545. The monoisotopic (exact) mass is 285 g/mol. The number of hydrogen-bond acceptors (Lipinski definition) is 6. The predicted octanol–water partition coefficient (Wildman–Crippen LogP) is 0.287. The summed E-state index contributed by atoms with van der Waals surface area (Å²) in [6, 6.07) is -0.460. The molecule has 1 aliphatic rings. The van der Waals surface area contributed by atoms with Crippen molar-refractivity contribution in [3.05, 3.63) is 11.1 Å². The normalized spacial score (nSPS) is 22.4. The second-order valence-electron chi connectivity index (χ2n) is 4.21. The molecule has 2 unspecified atom stereocenters. The zero-order valence-electron chi connectivity index (χ0n) is 10.4. The van der Waals surface area contributed by atoms with E-state index in [1.54, 1.807) is 12.3 Å². The van der Waals surface area contributed by atoms with Gasteiger partial charge >= 0.3 is 5.97 Å². The third-order valence-corrected chi connectivity index (χ3v) is 3.78.